The first-order valence-electron chi connectivity index (χ1n) is 5.37. The van der Waals surface area contributed by atoms with Crippen LogP contribution in [0.1, 0.15) is 23.2 Å². The molecule has 7 heteroatoms. The number of rotatable bonds is 5. The van der Waals surface area contributed by atoms with Crippen molar-refractivity contribution in [1.29, 1.82) is 0 Å². The molecular formula is C12H13NO6. The second-order valence-corrected chi connectivity index (χ2v) is 3.66. The summed E-state index contributed by atoms with van der Waals surface area (Å²) in [6.45, 7) is 0. The number of aromatic hydroxyl groups is 1. The molecule has 0 radical (unpaired) electrons. The fourth-order valence-electron chi connectivity index (χ4n) is 1.33. The Labute approximate surface area is 108 Å². The van der Waals surface area contributed by atoms with E-state index in [1.54, 1.807) is 0 Å². The molecule has 0 fully saturated rings. The van der Waals surface area contributed by atoms with E-state index in [-0.39, 0.29) is 29.8 Å². The minimum Gasteiger partial charge on any atom is -0.507 e. The summed E-state index contributed by atoms with van der Waals surface area (Å²) >= 11 is 0. The number of aromatic carboxylic acids is 1. The van der Waals surface area contributed by atoms with Crippen molar-refractivity contribution in [2.75, 3.05) is 12.4 Å². The molecule has 1 amide bonds. The highest BCUT2D eigenvalue weighted by molar-refractivity contribution is 5.96. The first-order valence-corrected chi connectivity index (χ1v) is 5.37. The Morgan fingerprint density at radius 3 is 2.53 bits per heavy atom. The number of amides is 1. The van der Waals surface area contributed by atoms with Gasteiger partial charge in [0.2, 0.25) is 5.91 Å². The molecule has 3 N–H and O–H groups in total. The van der Waals surface area contributed by atoms with Crippen molar-refractivity contribution < 1.29 is 29.3 Å². The number of carboxylic acids is 1. The zero-order valence-electron chi connectivity index (χ0n) is 10.2. The molecule has 1 aromatic rings. The van der Waals surface area contributed by atoms with Crippen molar-refractivity contribution in [3.05, 3.63) is 23.8 Å². The van der Waals surface area contributed by atoms with Gasteiger partial charge in [0.15, 0.2) is 0 Å². The van der Waals surface area contributed by atoms with Gasteiger partial charge in [-0.25, -0.2) is 4.79 Å². The molecule has 0 spiro atoms. The highest BCUT2D eigenvalue weighted by Gasteiger charge is 2.12. The Balaban J connectivity index is 2.67. The largest absolute Gasteiger partial charge is 0.507 e. The normalized spacial score (nSPS) is 9.74. The Kier molecular flexibility index (Phi) is 4.87. The first kappa shape index (κ1) is 14.5. The molecule has 102 valence electrons. The number of carbonyl (C=O) groups excluding carboxylic acids is 2. The van der Waals surface area contributed by atoms with Gasteiger partial charge in [0.1, 0.15) is 11.3 Å². The zero-order chi connectivity index (χ0) is 14.4. The van der Waals surface area contributed by atoms with E-state index < -0.39 is 17.8 Å². The standard InChI is InChI=1S/C12H13NO6/c1-19-11(16)5-4-10(15)13-7-2-3-9(14)8(6-7)12(17)18/h2-3,6,14H,4-5H2,1H3,(H,13,15)(H,17,18). The van der Waals surface area contributed by atoms with E-state index in [9.17, 15) is 19.5 Å². The number of hydrogen-bond donors (Lipinski definition) is 3. The summed E-state index contributed by atoms with van der Waals surface area (Å²) in [7, 11) is 1.22. The number of ether oxygens (including phenoxy) is 1. The summed E-state index contributed by atoms with van der Waals surface area (Å²) in [5.74, 6) is -2.65. The molecular weight excluding hydrogens is 254 g/mol. The minimum atomic E-state index is -1.30. The Morgan fingerprint density at radius 2 is 1.95 bits per heavy atom. The van der Waals surface area contributed by atoms with Crippen molar-refractivity contribution in [1.82, 2.24) is 0 Å². The van der Waals surface area contributed by atoms with Gasteiger partial charge in [-0.1, -0.05) is 0 Å². The van der Waals surface area contributed by atoms with Crippen molar-refractivity contribution in [3.8, 4) is 5.75 Å². The first-order chi connectivity index (χ1) is 8.93. The molecule has 0 aliphatic rings. The van der Waals surface area contributed by atoms with Crippen LogP contribution in [-0.2, 0) is 14.3 Å². The molecule has 0 bridgehead atoms. The van der Waals surface area contributed by atoms with Crippen molar-refractivity contribution in [3.63, 3.8) is 0 Å². The molecule has 0 saturated heterocycles. The van der Waals surface area contributed by atoms with E-state index in [0.29, 0.717) is 0 Å². The minimum absolute atomic E-state index is 0.0633. The molecule has 19 heavy (non-hydrogen) atoms. The summed E-state index contributed by atoms with van der Waals surface area (Å²) in [6.07, 6.45) is -0.137. The molecule has 0 aromatic heterocycles. The third kappa shape index (κ3) is 4.30. The van der Waals surface area contributed by atoms with Crippen LogP contribution in [0, 0.1) is 0 Å². The molecule has 0 unspecified atom stereocenters. The second-order valence-electron chi connectivity index (χ2n) is 3.66. The van der Waals surface area contributed by atoms with Gasteiger partial charge in [-0.15, -0.1) is 0 Å². The van der Waals surface area contributed by atoms with Crippen LogP contribution in [0.15, 0.2) is 18.2 Å². The molecule has 0 atom stereocenters. The lowest BCUT2D eigenvalue weighted by Gasteiger charge is -2.06. The molecule has 0 heterocycles. The van der Waals surface area contributed by atoms with Crippen LogP contribution in [0.2, 0.25) is 0 Å². The van der Waals surface area contributed by atoms with E-state index in [2.05, 4.69) is 10.1 Å². The van der Waals surface area contributed by atoms with E-state index in [0.717, 1.165) is 6.07 Å². The average Bonchev–Trinajstić information content (AvgIpc) is 2.37. The van der Waals surface area contributed by atoms with E-state index in [4.69, 9.17) is 5.11 Å². The number of esters is 1. The molecule has 1 rings (SSSR count). The monoisotopic (exact) mass is 267 g/mol. The Hall–Kier alpha value is -2.57. The number of hydrogen-bond acceptors (Lipinski definition) is 5. The number of phenols is 1. The molecule has 7 nitrogen and oxygen atoms in total. The average molecular weight is 267 g/mol. The summed E-state index contributed by atoms with van der Waals surface area (Å²) in [5, 5.41) is 20.5. The Morgan fingerprint density at radius 1 is 1.26 bits per heavy atom. The quantitative estimate of drug-likeness (QED) is 0.541. The van der Waals surface area contributed by atoms with Crippen LogP contribution in [0.5, 0.6) is 5.75 Å². The predicted molar refractivity (Wildman–Crippen MR) is 64.9 cm³/mol. The second kappa shape index (κ2) is 6.39. The third-order valence-corrected chi connectivity index (χ3v) is 2.29. The van der Waals surface area contributed by atoms with Gasteiger partial charge < -0.3 is 20.3 Å². The van der Waals surface area contributed by atoms with Gasteiger partial charge in [-0.05, 0) is 18.2 Å². The number of anilines is 1. The van der Waals surface area contributed by atoms with Gasteiger partial charge in [0, 0.05) is 12.1 Å². The molecule has 0 saturated carbocycles. The zero-order valence-corrected chi connectivity index (χ0v) is 10.2. The maximum atomic E-state index is 11.5. The van der Waals surface area contributed by atoms with Crippen LogP contribution in [0.25, 0.3) is 0 Å². The lowest BCUT2D eigenvalue weighted by atomic mass is 10.1. The molecule has 1 aromatic carbocycles. The van der Waals surface area contributed by atoms with Gasteiger partial charge >= 0.3 is 11.9 Å². The third-order valence-electron chi connectivity index (χ3n) is 2.29. The van der Waals surface area contributed by atoms with Crippen molar-refractivity contribution in [2.24, 2.45) is 0 Å². The lowest BCUT2D eigenvalue weighted by Crippen LogP contribution is -2.14. The van der Waals surface area contributed by atoms with Gasteiger partial charge in [0.05, 0.1) is 13.5 Å². The highest BCUT2D eigenvalue weighted by Crippen LogP contribution is 2.21. The smallest absolute Gasteiger partial charge is 0.339 e. The highest BCUT2D eigenvalue weighted by atomic mass is 16.5. The molecule has 0 aliphatic heterocycles. The lowest BCUT2D eigenvalue weighted by molar-refractivity contribution is -0.141. The van der Waals surface area contributed by atoms with E-state index in [1.807, 2.05) is 0 Å². The van der Waals surface area contributed by atoms with Crippen LogP contribution in [-0.4, -0.2) is 35.2 Å². The van der Waals surface area contributed by atoms with Crippen LogP contribution in [0.3, 0.4) is 0 Å². The summed E-state index contributed by atoms with van der Waals surface area (Å²) in [5.41, 5.74) is -0.0872. The van der Waals surface area contributed by atoms with Gasteiger partial charge in [0.25, 0.3) is 0 Å². The summed E-state index contributed by atoms with van der Waals surface area (Å²) in [4.78, 5) is 33.1. The molecule has 0 aliphatic carbocycles. The number of carbonyl (C=O) groups is 3. The van der Waals surface area contributed by atoms with Crippen molar-refractivity contribution >= 4 is 23.5 Å². The number of methoxy groups -OCH3 is 1. The number of carboxylic acid groups (broad SMARTS) is 1. The maximum absolute atomic E-state index is 11.5. The van der Waals surface area contributed by atoms with Crippen LogP contribution in [0.4, 0.5) is 5.69 Å². The fourth-order valence-corrected chi connectivity index (χ4v) is 1.33. The van der Waals surface area contributed by atoms with Crippen LogP contribution >= 0.6 is 0 Å². The number of benzene rings is 1. The van der Waals surface area contributed by atoms with Crippen LogP contribution < -0.4 is 5.32 Å². The topological polar surface area (TPSA) is 113 Å². The Bertz CT molecular complexity index is 511. The van der Waals surface area contributed by atoms with Gasteiger partial charge in [-0.2, -0.15) is 0 Å². The van der Waals surface area contributed by atoms with E-state index in [1.165, 1.54) is 19.2 Å². The summed E-state index contributed by atoms with van der Waals surface area (Å²) < 4.78 is 4.39. The fraction of sp³-hybridized carbons (Fsp3) is 0.250. The number of nitrogens with one attached hydrogen (secondary N) is 1. The maximum Gasteiger partial charge on any atom is 0.339 e. The summed E-state index contributed by atoms with van der Waals surface area (Å²) in [6, 6.07) is 3.66. The van der Waals surface area contributed by atoms with E-state index >= 15 is 0 Å². The SMILES string of the molecule is COC(=O)CCC(=O)Nc1ccc(O)c(C(=O)O)c1. The predicted octanol–water partition coefficient (Wildman–Crippen LogP) is 0.982. The van der Waals surface area contributed by atoms with Gasteiger partial charge in [-0.3, -0.25) is 9.59 Å². The van der Waals surface area contributed by atoms with Crippen molar-refractivity contribution in [2.45, 2.75) is 12.8 Å².